The summed E-state index contributed by atoms with van der Waals surface area (Å²) >= 11 is 0. The molecule has 158 valence electrons. The van der Waals surface area contributed by atoms with Gasteiger partial charge >= 0.3 is 5.97 Å². The van der Waals surface area contributed by atoms with E-state index in [0.29, 0.717) is 35.3 Å². The number of halogens is 1. The molecule has 0 fully saturated rings. The molecule has 30 heavy (non-hydrogen) atoms. The van der Waals surface area contributed by atoms with Crippen molar-refractivity contribution in [3.05, 3.63) is 47.8 Å². The predicted molar refractivity (Wildman–Crippen MR) is 112 cm³/mol. The van der Waals surface area contributed by atoms with E-state index >= 15 is 0 Å². The van der Waals surface area contributed by atoms with Gasteiger partial charge in [0.2, 0.25) is 5.88 Å². The minimum absolute atomic E-state index is 0.00815. The van der Waals surface area contributed by atoms with Crippen molar-refractivity contribution in [3.63, 3.8) is 0 Å². The Morgan fingerprint density at radius 3 is 2.63 bits per heavy atom. The number of methoxy groups -OCH3 is 1. The number of likely N-dealkylation sites (N-methyl/N-ethyl adjacent to an activating group) is 1. The van der Waals surface area contributed by atoms with Crippen LogP contribution in [0.5, 0.6) is 11.6 Å². The average Bonchev–Trinajstić information content (AvgIpc) is 2.71. The number of aromatic nitrogens is 1. The fourth-order valence-corrected chi connectivity index (χ4v) is 3.20. The van der Waals surface area contributed by atoms with E-state index in [2.05, 4.69) is 4.98 Å². The molecule has 0 aliphatic heterocycles. The SMILES string of the molecule is COCCN(C)c1nc(OCC(=O)O)c2cc(O)ccc2c1-c1ccc(F)c(C)c1. The molecule has 0 aliphatic rings. The molecule has 0 saturated heterocycles. The van der Waals surface area contributed by atoms with Crippen LogP contribution in [-0.4, -0.2) is 55.1 Å². The average molecular weight is 414 g/mol. The van der Waals surface area contributed by atoms with Crippen LogP contribution >= 0.6 is 0 Å². The van der Waals surface area contributed by atoms with E-state index in [1.54, 1.807) is 32.2 Å². The zero-order valence-corrected chi connectivity index (χ0v) is 17.0. The number of hydrogen-bond donors (Lipinski definition) is 2. The summed E-state index contributed by atoms with van der Waals surface area (Å²) < 4.78 is 24.5. The molecule has 2 aromatic carbocycles. The van der Waals surface area contributed by atoms with Gasteiger partial charge in [0.25, 0.3) is 0 Å². The van der Waals surface area contributed by atoms with Crippen LogP contribution in [0.15, 0.2) is 36.4 Å². The summed E-state index contributed by atoms with van der Waals surface area (Å²) in [6.45, 7) is 2.06. The van der Waals surface area contributed by atoms with Gasteiger partial charge in [-0.2, -0.15) is 4.98 Å². The van der Waals surface area contributed by atoms with Crippen LogP contribution in [0, 0.1) is 12.7 Å². The molecule has 0 atom stereocenters. The largest absolute Gasteiger partial charge is 0.508 e. The van der Waals surface area contributed by atoms with Crippen molar-refractivity contribution in [1.29, 1.82) is 0 Å². The normalized spacial score (nSPS) is 10.9. The quantitative estimate of drug-likeness (QED) is 0.582. The van der Waals surface area contributed by atoms with E-state index in [9.17, 15) is 14.3 Å². The van der Waals surface area contributed by atoms with Gasteiger partial charge in [-0.05, 0) is 53.8 Å². The number of anilines is 1. The molecule has 0 bridgehead atoms. The molecule has 1 aromatic heterocycles. The smallest absolute Gasteiger partial charge is 0.341 e. The monoisotopic (exact) mass is 414 g/mol. The fraction of sp³-hybridized carbons (Fsp3) is 0.273. The molecule has 0 amide bonds. The van der Waals surface area contributed by atoms with Crippen molar-refractivity contribution in [1.82, 2.24) is 4.98 Å². The zero-order valence-electron chi connectivity index (χ0n) is 17.0. The van der Waals surface area contributed by atoms with Gasteiger partial charge in [-0.1, -0.05) is 6.07 Å². The van der Waals surface area contributed by atoms with Crippen LogP contribution in [0.3, 0.4) is 0 Å². The summed E-state index contributed by atoms with van der Waals surface area (Å²) in [5.74, 6) is -0.852. The second-order valence-electron chi connectivity index (χ2n) is 6.91. The first-order chi connectivity index (χ1) is 14.3. The first-order valence-corrected chi connectivity index (χ1v) is 9.29. The summed E-state index contributed by atoms with van der Waals surface area (Å²) in [5, 5.41) is 20.2. The molecule has 3 rings (SSSR count). The summed E-state index contributed by atoms with van der Waals surface area (Å²) in [7, 11) is 3.42. The second-order valence-corrected chi connectivity index (χ2v) is 6.91. The van der Waals surface area contributed by atoms with Gasteiger partial charge in [0.1, 0.15) is 17.4 Å². The number of pyridine rings is 1. The summed E-state index contributed by atoms with van der Waals surface area (Å²) in [4.78, 5) is 17.5. The summed E-state index contributed by atoms with van der Waals surface area (Å²) in [6.07, 6.45) is 0. The van der Waals surface area contributed by atoms with Crippen LogP contribution in [0.4, 0.5) is 10.2 Å². The number of carboxylic acids is 1. The molecule has 1 heterocycles. The molecular formula is C22H23FN2O5. The van der Waals surface area contributed by atoms with Crippen molar-refractivity contribution in [2.75, 3.05) is 38.8 Å². The number of fused-ring (bicyclic) bond motifs is 1. The van der Waals surface area contributed by atoms with E-state index in [0.717, 1.165) is 11.1 Å². The molecule has 3 aromatic rings. The number of rotatable bonds is 8. The van der Waals surface area contributed by atoms with E-state index in [-0.39, 0.29) is 17.4 Å². The predicted octanol–water partition coefficient (Wildman–Crippen LogP) is 3.60. The lowest BCUT2D eigenvalue weighted by atomic mass is 9.97. The number of aliphatic carboxylic acids is 1. The van der Waals surface area contributed by atoms with Crippen molar-refractivity contribution < 1.29 is 28.9 Å². The third-order valence-corrected chi connectivity index (χ3v) is 4.71. The summed E-state index contributed by atoms with van der Waals surface area (Å²) in [6, 6.07) is 9.49. The topological polar surface area (TPSA) is 92.1 Å². The number of hydrogen-bond acceptors (Lipinski definition) is 6. The van der Waals surface area contributed by atoms with Crippen LogP contribution in [0.1, 0.15) is 5.56 Å². The number of carbonyl (C=O) groups is 1. The maximum atomic E-state index is 13.9. The van der Waals surface area contributed by atoms with Crippen LogP contribution in [0.2, 0.25) is 0 Å². The number of ether oxygens (including phenoxy) is 2. The third kappa shape index (κ3) is 4.44. The van der Waals surface area contributed by atoms with Crippen LogP contribution < -0.4 is 9.64 Å². The lowest BCUT2D eigenvalue weighted by Crippen LogP contribution is -2.24. The van der Waals surface area contributed by atoms with Gasteiger partial charge in [0.05, 0.1) is 6.61 Å². The number of nitrogens with zero attached hydrogens (tertiary/aromatic N) is 2. The van der Waals surface area contributed by atoms with Gasteiger partial charge in [-0.25, -0.2) is 9.18 Å². The first kappa shape index (κ1) is 21.3. The highest BCUT2D eigenvalue weighted by Gasteiger charge is 2.21. The maximum Gasteiger partial charge on any atom is 0.341 e. The molecule has 2 N–H and O–H groups in total. The van der Waals surface area contributed by atoms with Gasteiger partial charge in [0, 0.05) is 31.7 Å². The summed E-state index contributed by atoms with van der Waals surface area (Å²) in [5.41, 5.74) is 1.94. The Kier molecular flexibility index (Phi) is 6.37. The number of aryl methyl sites for hydroxylation is 1. The Morgan fingerprint density at radius 1 is 1.20 bits per heavy atom. The first-order valence-electron chi connectivity index (χ1n) is 9.29. The minimum atomic E-state index is -1.14. The Morgan fingerprint density at radius 2 is 1.97 bits per heavy atom. The zero-order chi connectivity index (χ0) is 21.8. The highest BCUT2D eigenvalue weighted by Crippen LogP contribution is 2.41. The lowest BCUT2D eigenvalue weighted by molar-refractivity contribution is -0.139. The standard InChI is InChI=1S/C22H23FN2O5/c1-13-10-14(4-7-18(13)23)20-16-6-5-15(26)11-17(16)22(30-12-19(27)28)24-21(20)25(2)8-9-29-3/h4-7,10-11,26H,8-9,12H2,1-3H3,(H,27,28). The minimum Gasteiger partial charge on any atom is -0.508 e. The van der Waals surface area contributed by atoms with Gasteiger partial charge < -0.3 is 24.6 Å². The molecule has 7 nitrogen and oxygen atoms in total. The molecule has 0 unspecified atom stereocenters. The van der Waals surface area contributed by atoms with Crippen LogP contribution in [0.25, 0.3) is 21.9 Å². The van der Waals surface area contributed by atoms with E-state index in [1.165, 1.54) is 18.2 Å². The Hall–Kier alpha value is -3.39. The van der Waals surface area contributed by atoms with E-state index < -0.39 is 12.6 Å². The van der Waals surface area contributed by atoms with Crippen molar-refractivity contribution >= 4 is 22.6 Å². The Bertz CT molecular complexity index is 1090. The highest BCUT2D eigenvalue weighted by molar-refractivity contribution is 6.04. The van der Waals surface area contributed by atoms with E-state index in [4.69, 9.17) is 14.6 Å². The third-order valence-electron chi connectivity index (χ3n) is 4.71. The van der Waals surface area contributed by atoms with Crippen molar-refractivity contribution in [3.8, 4) is 22.8 Å². The second kappa shape index (κ2) is 8.96. The number of phenolic OH excluding ortho intramolecular Hbond substituents is 1. The van der Waals surface area contributed by atoms with Crippen molar-refractivity contribution in [2.24, 2.45) is 0 Å². The molecule has 0 aliphatic carbocycles. The molecular weight excluding hydrogens is 391 g/mol. The van der Waals surface area contributed by atoms with Gasteiger partial charge in [0.15, 0.2) is 6.61 Å². The number of carboxylic acid groups (broad SMARTS) is 1. The molecule has 0 saturated carbocycles. The van der Waals surface area contributed by atoms with Crippen LogP contribution in [-0.2, 0) is 9.53 Å². The number of aromatic hydroxyl groups is 1. The number of benzene rings is 2. The molecule has 0 radical (unpaired) electrons. The van der Waals surface area contributed by atoms with Gasteiger partial charge in [-0.3, -0.25) is 0 Å². The lowest BCUT2D eigenvalue weighted by Gasteiger charge is -2.24. The molecule has 8 heteroatoms. The van der Waals surface area contributed by atoms with Crippen molar-refractivity contribution in [2.45, 2.75) is 6.92 Å². The Balaban J connectivity index is 2.31. The highest BCUT2D eigenvalue weighted by atomic mass is 19.1. The van der Waals surface area contributed by atoms with E-state index in [1.807, 2.05) is 11.9 Å². The van der Waals surface area contributed by atoms with Gasteiger partial charge in [-0.15, -0.1) is 0 Å². The molecule has 0 spiro atoms. The fourth-order valence-electron chi connectivity index (χ4n) is 3.20. The maximum absolute atomic E-state index is 13.9. The Labute approximate surface area is 173 Å². The number of phenols is 1.